The molecule has 0 saturated heterocycles. The molecule has 6 heteroatoms. The van der Waals surface area contributed by atoms with Gasteiger partial charge in [-0.3, -0.25) is 4.98 Å². The summed E-state index contributed by atoms with van der Waals surface area (Å²) in [4.78, 5) is 7.64. The monoisotopic (exact) mass is 281 g/mol. The molecule has 104 valence electrons. The third-order valence-corrected chi connectivity index (χ3v) is 3.68. The largest absolute Gasteiger partial charge is 0.353 e. The molecule has 0 aliphatic carbocycles. The highest BCUT2D eigenvalue weighted by Gasteiger charge is 2.14. The number of hydrogen-bond donors (Lipinski definition) is 1. The van der Waals surface area contributed by atoms with Crippen LogP contribution in [0.4, 0.5) is 4.39 Å². The van der Waals surface area contributed by atoms with E-state index < -0.39 is 0 Å². The Balaban J connectivity index is 2.03. The Morgan fingerprint density at radius 3 is 2.86 bits per heavy atom. The zero-order chi connectivity index (χ0) is 14.6. The summed E-state index contributed by atoms with van der Waals surface area (Å²) in [6, 6.07) is 6.92. The van der Waals surface area contributed by atoms with Gasteiger partial charge in [-0.15, -0.1) is 5.10 Å². The molecule has 0 saturated carbocycles. The predicted molar refractivity (Wildman–Crippen MR) is 78.3 cm³/mol. The normalized spacial score (nSPS) is 11.6. The first-order valence-corrected chi connectivity index (χ1v) is 6.58. The molecule has 3 heterocycles. The highest BCUT2D eigenvalue weighted by molar-refractivity contribution is 6.05. The van der Waals surface area contributed by atoms with Gasteiger partial charge in [0.15, 0.2) is 0 Å². The topological polar surface area (TPSA) is 59.4 Å². The minimum atomic E-state index is -0.266. The van der Waals surface area contributed by atoms with Gasteiger partial charge in [0.05, 0.1) is 33.3 Å². The number of pyridine rings is 1. The Bertz CT molecular complexity index is 963. The third-order valence-electron chi connectivity index (χ3n) is 3.68. The SMILES string of the molecule is Cc1nnn(C)c1-c1cnc2c(c1)[nH]c1cccc(F)c12. The number of halogens is 1. The maximum atomic E-state index is 14.0. The molecule has 0 aliphatic rings. The molecule has 1 aromatic carbocycles. The average Bonchev–Trinajstić information content (AvgIpc) is 2.99. The Hall–Kier alpha value is -2.76. The molecule has 4 rings (SSSR count). The van der Waals surface area contributed by atoms with Gasteiger partial charge in [-0.2, -0.15) is 0 Å². The Kier molecular flexibility index (Phi) is 2.35. The number of aromatic amines is 1. The molecule has 5 nitrogen and oxygen atoms in total. The molecule has 0 spiro atoms. The van der Waals surface area contributed by atoms with E-state index in [9.17, 15) is 4.39 Å². The first-order chi connectivity index (χ1) is 10.1. The maximum absolute atomic E-state index is 14.0. The van der Waals surface area contributed by atoms with Gasteiger partial charge in [0.25, 0.3) is 0 Å². The molecular formula is C15H12FN5. The number of nitrogens with zero attached hydrogens (tertiary/aromatic N) is 4. The van der Waals surface area contributed by atoms with E-state index in [1.165, 1.54) is 6.07 Å². The van der Waals surface area contributed by atoms with Crippen LogP contribution in [0.25, 0.3) is 33.2 Å². The number of H-pyrrole nitrogens is 1. The predicted octanol–water partition coefficient (Wildman–Crippen LogP) is 2.96. The summed E-state index contributed by atoms with van der Waals surface area (Å²) in [7, 11) is 1.84. The lowest BCUT2D eigenvalue weighted by molar-refractivity contribution is 0.640. The molecule has 21 heavy (non-hydrogen) atoms. The van der Waals surface area contributed by atoms with Crippen LogP contribution in [0.3, 0.4) is 0 Å². The molecule has 0 bridgehead atoms. The van der Waals surface area contributed by atoms with E-state index in [1.54, 1.807) is 16.9 Å². The van der Waals surface area contributed by atoms with Crippen molar-refractivity contribution in [2.45, 2.75) is 6.92 Å². The number of benzene rings is 1. The summed E-state index contributed by atoms with van der Waals surface area (Å²) in [5, 5.41) is 8.57. The van der Waals surface area contributed by atoms with Gasteiger partial charge in [-0.05, 0) is 25.1 Å². The van der Waals surface area contributed by atoms with Crippen molar-refractivity contribution in [3.8, 4) is 11.3 Å². The van der Waals surface area contributed by atoms with Gasteiger partial charge in [0.2, 0.25) is 0 Å². The molecule has 0 aliphatic heterocycles. The summed E-state index contributed by atoms with van der Waals surface area (Å²) in [6.07, 6.45) is 1.73. The van der Waals surface area contributed by atoms with Crippen molar-refractivity contribution in [1.29, 1.82) is 0 Å². The van der Waals surface area contributed by atoms with Crippen molar-refractivity contribution < 1.29 is 4.39 Å². The molecule has 0 amide bonds. The molecule has 0 radical (unpaired) electrons. The van der Waals surface area contributed by atoms with Crippen molar-refractivity contribution in [2.24, 2.45) is 7.05 Å². The maximum Gasteiger partial charge on any atom is 0.134 e. The minimum absolute atomic E-state index is 0.266. The third kappa shape index (κ3) is 1.65. The van der Waals surface area contributed by atoms with E-state index in [2.05, 4.69) is 20.3 Å². The van der Waals surface area contributed by atoms with E-state index >= 15 is 0 Å². The first kappa shape index (κ1) is 12.0. The molecular weight excluding hydrogens is 269 g/mol. The fourth-order valence-corrected chi connectivity index (χ4v) is 2.76. The summed E-state index contributed by atoms with van der Waals surface area (Å²) < 4.78 is 15.7. The number of aryl methyl sites for hydroxylation is 2. The van der Waals surface area contributed by atoms with Gasteiger partial charge < -0.3 is 4.98 Å². The fourth-order valence-electron chi connectivity index (χ4n) is 2.76. The van der Waals surface area contributed by atoms with Crippen LogP contribution in [0.15, 0.2) is 30.5 Å². The van der Waals surface area contributed by atoms with Crippen LogP contribution in [0.2, 0.25) is 0 Å². The highest BCUT2D eigenvalue weighted by Crippen LogP contribution is 2.29. The van der Waals surface area contributed by atoms with Crippen molar-refractivity contribution in [3.63, 3.8) is 0 Å². The quantitative estimate of drug-likeness (QED) is 0.583. The number of rotatable bonds is 1. The zero-order valence-electron chi connectivity index (χ0n) is 11.6. The van der Waals surface area contributed by atoms with Crippen LogP contribution in [-0.4, -0.2) is 25.0 Å². The zero-order valence-corrected chi connectivity index (χ0v) is 11.6. The van der Waals surface area contributed by atoms with Crippen LogP contribution < -0.4 is 0 Å². The summed E-state index contributed by atoms with van der Waals surface area (Å²) in [5.74, 6) is -0.266. The second kappa shape index (κ2) is 4.12. The Labute approximate surface area is 119 Å². The van der Waals surface area contributed by atoms with Crippen LogP contribution in [0, 0.1) is 12.7 Å². The summed E-state index contributed by atoms with van der Waals surface area (Å²) in [6.45, 7) is 1.90. The second-order valence-electron chi connectivity index (χ2n) is 5.05. The van der Waals surface area contributed by atoms with Gasteiger partial charge in [0, 0.05) is 18.8 Å². The Morgan fingerprint density at radius 2 is 2.10 bits per heavy atom. The van der Waals surface area contributed by atoms with E-state index in [1.807, 2.05) is 26.1 Å². The van der Waals surface area contributed by atoms with Crippen LogP contribution >= 0.6 is 0 Å². The highest BCUT2D eigenvalue weighted by atomic mass is 19.1. The van der Waals surface area contributed by atoms with Gasteiger partial charge in [-0.25, -0.2) is 9.07 Å². The number of aromatic nitrogens is 5. The summed E-state index contributed by atoms with van der Waals surface area (Å²) >= 11 is 0. The van der Waals surface area contributed by atoms with Crippen molar-refractivity contribution in [1.82, 2.24) is 25.0 Å². The second-order valence-corrected chi connectivity index (χ2v) is 5.05. The average molecular weight is 281 g/mol. The van der Waals surface area contributed by atoms with E-state index in [-0.39, 0.29) is 5.82 Å². The lowest BCUT2D eigenvalue weighted by Crippen LogP contribution is -1.95. The summed E-state index contributed by atoms with van der Waals surface area (Å²) in [5.41, 5.74) is 4.83. The lowest BCUT2D eigenvalue weighted by Gasteiger charge is -2.02. The van der Waals surface area contributed by atoms with Gasteiger partial charge in [0.1, 0.15) is 5.82 Å². The molecule has 3 aromatic heterocycles. The van der Waals surface area contributed by atoms with E-state index in [0.29, 0.717) is 10.9 Å². The van der Waals surface area contributed by atoms with Crippen molar-refractivity contribution in [3.05, 3.63) is 42.0 Å². The van der Waals surface area contributed by atoms with E-state index in [0.717, 1.165) is 28.0 Å². The van der Waals surface area contributed by atoms with E-state index in [4.69, 9.17) is 0 Å². The molecule has 0 unspecified atom stereocenters. The number of nitrogens with one attached hydrogen (secondary N) is 1. The van der Waals surface area contributed by atoms with Crippen LogP contribution in [0.5, 0.6) is 0 Å². The molecule has 0 atom stereocenters. The number of fused-ring (bicyclic) bond motifs is 3. The van der Waals surface area contributed by atoms with Crippen molar-refractivity contribution in [2.75, 3.05) is 0 Å². The lowest BCUT2D eigenvalue weighted by atomic mass is 10.1. The van der Waals surface area contributed by atoms with Crippen molar-refractivity contribution >= 4 is 21.9 Å². The van der Waals surface area contributed by atoms with Crippen LogP contribution in [-0.2, 0) is 7.05 Å². The van der Waals surface area contributed by atoms with Crippen LogP contribution in [0.1, 0.15) is 5.69 Å². The standard InChI is InChI=1S/C15H12FN5/c1-8-15(21(2)20-19-8)9-6-12-14(17-7-9)13-10(16)4-3-5-11(13)18-12/h3-7,18H,1-2H3. The smallest absolute Gasteiger partial charge is 0.134 e. The molecule has 0 fully saturated rings. The fraction of sp³-hybridized carbons (Fsp3) is 0.133. The minimum Gasteiger partial charge on any atom is -0.353 e. The Morgan fingerprint density at radius 1 is 1.24 bits per heavy atom. The molecule has 1 N–H and O–H groups in total. The number of hydrogen-bond acceptors (Lipinski definition) is 3. The first-order valence-electron chi connectivity index (χ1n) is 6.58. The van der Waals surface area contributed by atoms with Gasteiger partial charge >= 0.3 is 0 Å². The molecule has 4 aromatic rings. The van der Waals surface area contributed by atoms with Gasteiger partial charge in [-0.1, -0.05) is 11.3 Å².